The molecule has 2 heterocycles. The first kappa shape index (κ1) is 22.5. The molecule has 0 saturated carbocycles. The maximum Gasteiger partial charge on any atom is 0.243 e. The van der Waals surface area contributed by atoms with Gasteiger partial charge < -0.3 is 4.90 Å². The molecule has 2 aromatic carbocycles. The minimum absolute atomic E-state index is 0.0650. The molecule has 0 saturated heterocycles. The molecule has 32 heavy (non-hydrogen) atoms. The van der Waals surface area contributed by atoms with Crippen LogP contribution in [0.2, 0.25) is 0 Å². The molecule has 1 aliphatic rings. The Morgan fingerprint density at radius 1 is 1.16 bits per heavy atom. The standard InChI is InChI=1S/C25H26N2O3S2/c1-3-15-26(32(29,30)21-11-9-19(2)10-12-21)18-24(28)27-16-13-23-22(14-17-31-23)25(27)20-7-5-4-6-8-20/h3-12,14,17,25H,1,13,15-16,18H2,2H3. The normalized spacial score (nSPS) is 16.1. The summed E-state index contributed by atoms with van der Waals surface area (Å²) < 4.78 is 27.7. The smallest absolute Gasteiger partial charge is 0.243 e. The molecule has 7 heteroatoms. The van der Waals surface area contributed by atoms with Gasteiger partial charge in [-0.15, -0.1) is 17.9 Å². The highest BCUT2D eigenvalue weighted by Crippen LogP contribution is 2.37. The summed E-state index contributed by atoms with van der Waals surface area (Å²) >= 11 is 1.70. The van der Waals surface area contributed by atoms with Crippen LogP contribution in [0.1, 0.15) is 27.6 Å². The number of carbonyl (C=O) groups excluding carboxylic acids is 1. The van der Waals surface area contributed by atoms with E-state index in [0.29, 0.717) is 6.54 Å². The molecule has 0 spiro atoms. The fourth-order valence-electron chi connectivity index (χ4n) is 4.07. The molecule has 166 valence electrons. The van der Waals surface area contributed by atoms with Gasteiger partial charge in [0.15, 0.2) is 0 Å². The first-order chi connectivity index (χ1) is 15.4. The third-order valence-electron chi connectivity index (χ3n) is 5.70. The Balaban J connectivity index is 1.64. The summed E-state index contributed by atoms with van der Waals surface area (Å²) in [6, 6.07) is 18.4. The van der Waals surface area contributed by atoms with Crippen molar-refractivity contribution in [2.45, 2.75) is 24.3 Å². The number of carbonyl (C=O) groups is 1. The third-order valence-corrected chi connectivity index (χ3v) is 8.53. The maximum atomic E-state index is 13.5. The lowest BCUT2D eigenvalue weighted by Gasteiger charge is -2.37. The highest BCUT2D eigenvalue weighted by Gasteiger charge is 2.35. The van der Waals surface area contributed by atoms with Crippen LogP contribution in [-0.2, 0) is 21.2 Å². The monoisotopic (exact) mass is 466 g/mol. The van der Waals surface area contributed by atoms with Crippen LogP contribution in [0.5, 0.6) is 0 Å². The molecule has 4 rings (SSSR count). The number of aryl methyl sites for hydroxylation is 1. The van der Waals surface area contributed by atoms with Gasteiger partial charge in [-0.1, -0.05) is 54.1 Å². The summed E-state index contributed by atoms with van der Waals surface area (Å²) in [4.78, 5) is 16.8. The van der Waals surface area contributed by atoms with Gasteiger partial charge >= 0.3 is 0 Å². The number of hydrogen-bond donors (Lipinski definition) is 0. The summed E-state index contributed by atoms with van der Waals surface area (Å²) in [5.74, 6) is -0.215. The Labute approximate surface area is 193 Å². The molecular weight excluding hydrogens is 440 g/mol. The first-order valence-electron chi connectivity index (χ1n) is 10.5. The van der Waals surface area contributed by atoms with Crippen molar-refractivity contribution in [2.75, 3.05) is 19.6 Å². The van der Waals surface area contributed by atoms with Gasteiger partial charge in [0.05, 0.1) is 17.5 Å². The number of fused-ring (bicyclic) bond motifs is 1. The molecule has 5 nitrogen and oxygen atoms in total. The lowest BCUT2D eigenvalue weighted by atomic mass is 9.93. The van der Waals surface area contributed by atoms with Gasteiger partial charge in [-0.05, 0) is 48.1 Å². The van der Waals surface area contributed by atoms with Crippen molar-refractivity contribution in [3.05, 3.63) is 100 Å². The van der Waals surface area contributed by atoms with Crippen molar-refractivity contribution in [1.29, 1.82) is 0 Å². The van der Waals surface area contributed by atoms with Crippen LogP contribution in [0.25, 0.3) is 0 Å². The van der Waals surface area contributed by atoms with E-state index in [1.807, 2.05) is 42.2 Å². The number of sulfonamides is 1. The SMILES string of the molecule is C=CCN(CC(=O)N1CCc2sccc2C1c1ccccc1)S(=O)(=O)c1ccc(C)cc1. The predicted molar refractivity (Wildman–Crippen MR) is 128 cm³/mol. The van der Waals surface area contributed by atoms with E-state index in [9.17, 15) is 13.2 Å². The van der Waals surface area contributed by atoms with Crippen molar-refractivity contribution in [2.24, 2.45) is 0 Å². The van der Waals surface area contributed by atoms with Crippen molar-refractivity contribution < 1.29 is 13.2 Å². The Morgan fingerprint density at radius 2 is 1.88 bits per heavy atom. The molecule has 0 radical (unpaired) electrons. The minimum Gasteiger partial charge on any atom is -0.330 e. The van der Waals surface area contributed by atoms with E-state index in [4.69, 9.17) is 0 Å². The fraction of sp³-hybridized carbons (Fsp3) is 0.240. The average molecular weight is 467 g/mol. The van der Waals surface area contributed by atoms with Gasteiger partial charge in [0.1, 0.15) is 0 Å². The molecule has 1 atom stereocenters. The van der Waals surface area contributed by atoms with Crippen LogP contribution in [0.4, 0.5) is 0 Å². The van der Waals surface area contributed by atoms with E-state index >= 15 is 0 Å². The number of nitrogens with zero attached hydrogens (tertiary/aromatic N) is 2. The summed E-state index contributed by atoms with van der Waals surface area (Å²) in [6.07, 6.45) is 2.29. The quantitative estimate of drug-likeness (QED) is 0.485. The highest BCUT2D eigenvalue weighted by atomic mass is 32.2. The zero-order chi connectivity index (χ0) is 22.7. The van der Waals surface area contributed by atoms with Gasteiger partial charge in [-0.2, -0.15) is 4.31 Å². The van der Waals surface area contributed by atoms with Crippen LogP contribution < -0.4 is 0 Å². The van der Waals surface area contributed by atoms with Crippen LogP contribution >= 0.6 is 11.3 Å². The fourth-order valence-corrected chi connectivity index (χ4v) is 6.34. The van der Waals surface area contributed by atoms with Crippen LogP contribution in [-0.4, -0.2) is 43.2 Å². The lowest BCUT2D eigenvalue weighted by Crippen LogP contribution is -2.46. The van der Waals surface area contributed by atoms with Gasteiger partial charge in [0, 0.05) is 18.0 Å². The Kier molecular flexibility index (Phi) is 6.60. The zero-order valence-electron chi connectivity index (χ0n) is 18.0. The number of amides is 1. The molecule has 1 amide bonds. The second-order valence-corrected chi connectivity index (χ2v) is 10.8. The van der Waals surface area contributed by atoms with Gasteiger partial charge in [0.2, 0.25) is 15.9 Å². The molecule has 0 fully saturated rings. The molecule has 3 aromatic rings. The Bertz CT molecular complexity index is 1200. The predicted octanol–water partition coefficient (Wildman–Crippen LogP) is 4.41. The summed E-state index contributed by atoms with van der Waals surface area (Å²) in [5.41, 5.74) is 3.12. The van der Waals surface area contributed by atoms with E-state index in [1.54, 1.807) is 35.6 Å². The van der Waals surface area contributed by atoms with Crippen molar-refractivity contribution in [3.8, 4) is 0 Å². The minimum atomic E-state index is -3.83. The molecular formula is C25H26N2O3S2. The average Bonchev–Trinajstić information content (AvgIpc) is 3.28. The molecule has 1 unspecified atom stereocenters. The topological polar surface area (TPSA) is 57.7 Å². The Hall–Kier alpha value is -2.74. The number of benzene rings is 2. The van der Waals surface area contributed by atoms with E-state index < -0.39 is 10.0 Å². The maximum absolute atomic E-state index is 13.5. The summed E-state index contributed by atoms with van der Waals surface area (Å²) in [6.45, 7) is 5.99. The number of rotatable bonds is 7. The number of thiophene rings is 1. The summed E-state index contributed by atoms with van der Waals surface area (Å²) in [7, 11) is -3.83. The molecule has 0 N–H and O–H groups in total. The van der Waals surface area contributed by atoms with Crippen LogP contribution in [0.3, 0.4) is 0 Å². The highest BCUT2D eigenvalue weighted by molar-refractivity contribution is 7.89. The van der Waals surface area contributed by atoms with E-state index in [-0.39, 0.29) is 29.9 Å². The second-order valence-electron chi connectivity index (χ2n) is 7.85. The van der Waals surface area contributed by atoms with E-state index in [0.717, 1.165) is 23.1 Å². The van der Waals surface area contributed by atoms with Gasteiger partial charge in [-0.25, -0.2) is 8.42 Å². The third kappa shape index (κ3) is 4.41. The van der Waals surface area contributed by atoms with Crippen LogP contribution in [0, 0.1) is 6.92 Å². The largest absolute Gasteiger partial charge is 0.330 e. The second kappa shape index (κ2) is 9.40. The summed E-state index contributed by atoms with van der Waals surface area (Å²) in [5, 5.41) is 2.06. The molecule has 0 aliphatic carbocycles. The number of hydrogen-bond acceptors (Lipinski definition) is 4. The molecule has 1 aliphatic heterocycles. The van der Waals surface area contributed by atoms with Crippen molar-refractivity contribution >= 4 is 27.3 Å². The van der Waals surface area contributed by atoms with Crippen molar-refractivity contribution in [1.82, 2.24) is 9.21 Å². The molecule has 1 aromatic heterocycles. The van der Waals surface area contributed by atoms with E-state index in [1.165, 1.54) is 15.3 Å². The molecule has 0 bridgehead atoms. The van der Waals surface area contributed by atoms with Gasteiger partial charge in [0.25, 0.3) is 0 Å². The van der Waals surface area contributed by atoms with E-state index in [2.05, 4.69) is 18.0 Å². The van der Waals surface area contributed by atoms with Crippen LogP contribution in [0.15, 0.2) is 83.6 Å². The van der Waals surface area contributed by atoms with Gasteiger partial charge in [-0.3, -0.25) is 4.79 Å². The van der Waals surface area contributed by atoms with Crippen molar-refractivity contribution in [3.63, 3.8) is 0 Å². The first-order valence-corrected chi connectivity index (χ1v) is 12.8. The Morgan fingerprint density at radius 3 is 2.56 bits per heavy atom. The zero-order valence-corrected chi connectivity index (χ0v) is 19.6. The lowest BCUT2D eigenvalue weighted by molar-refractivity contribution is -0.133.